The molecule has 0 aromatic rings. The summed E-state index contributed by atoms with van der Waals surface area (Å²) in [6, 6.07) is 2.16. The molecule has 1 saturated carbocycles. The minimum Gasteiger partial charge on any atom is -0.396 e. The molecular weight excluding hydrogens is 216 g/mol. The highest BCUT2D eigenvalue weighted by atomic mass is 16.3. The van der Waals surface area contributed by atoms with E-state index in [4.69, 9.17) is 10.4 Å². The van der Waals surface area contributed by atoms with Crippen LogP contribution in [-0.2, 0) is 4.79 Å². The van der Waals surface area contributed by atoms with Crippen molar-refractivity contribution in [1.29, 1.82) is 5.26 Å². The maximum atomic E-state index is 12.2. The first-order valence-corrected chi connectivity index (χ1v) is 6.26. The number of aliphatic hydroxyl groups is 1. The Labute approximate surface area is 103 Å². The van der Waals surface area contributed by atoms with E-state index in [-0.39, 0.29) is 12.5 Å². The maximum absolute atomic E-state index is 12.2. The summed E-state index contributed by atoms with van der Waals surface area (Å²) in [5.74, 6) is 0.280. The zero-order valence-electron chi connectivity index (χ0n) is 10.9. The van der Waals surface area contributed by atoms with E-state index in [1.807, 2.05) is 13.8 Å². The van der Waals surface area contributed by atoms with Crippen LogP contribution in [0, 0.1) is 22.7 Å². The van der Waals surface area contributed by atoms with Crippen molar-refractivity contribution in [3.05, 3.63) is 0 Å². The van der Waals surface area contributed by atoms with E-state index in [1.165, 1.54) is 0 Å². The van der Waals surface area contributed by atoms with E-state index in [2.05, 4.69) is 18.3 Å². The number of nitrogens with one attached hydrogen (secondary N) is 1. The molecule has 0 spiro atoms. The number of amides is 1. The molecule has 1 atom stereocenters. The number of carbonyl (C=O) groups excluding carboxylic acids is 1. The SMILES string of the molecule is CCC(C)(CCO)NC(=O)C1(C#N)CC(C)C1. The highest BCUT2D eigenvalue weighted by molar-refractivity contribution is 5.87. The van der Waals surface area contributed by atoms with Gasteiger partial charge in [-0.1, -0.05) is 13.8 Å². The molecule has 4 nitrogen and oxygen atoms in total. The van der Waals surface area contributed by atoms with Gasteiger partial charge in [0.15, 0.2) is 0 Å². The van der Waals surface area contributed by atoms with E-state index >= 15 is 0 Å². The van der Waals surface area contributed by atoms with E-state index < -0.39 is 11.0 Å². The van der Waals surface area contributed by atoms with Gasteiger partial charge in [-0.3, -0.25) is 4.79 Å². The highest BCUT2D eigenvalue weighted by Gasteiger charge is 2.50. The summed E-state index contributed by atoms with van der Waals surface area (Å²) < 4.78 is 0. The lowest BCUT2D eigenvalue weighted by Gasteiger charge is -2.42. The van der Waals surface area contributed by atoms with E-state index in [9.17, 15) is 4.79 Å². The Morgan fingerprint density at radius 2 is 2.24 bits per heavy atom. The second kappa shape index (κ2) is 5.05. The largest absolute Gasteiger partial charge is 0.396 e. The third kappa shape index (κ3) is 2.78. The number of hydrogen-bond donors (Lipinski definition) is 2. The van der Waals surface area contributed by atoms with Crippen LogP contribution in [0.5, 0.6) is 0 Å². The Balaban J connectivity index is 2.68. The summed E-state index contributed by atoms with van der Waals surface area (Å²) in [5, 5.41) is 21.1. The molecule has 0 aromatic heterocycles. The number of nitrogens with zero attached hydrogens (tertiary/aromatic N) is 1. The fourth-order valence-electron chi connectivity index (χ4n) is 2.43. The van der Waals surface area contributed by atoms with Crippen molar-refractivity contribution in [2.75, 3.05) is 6.61 Å². The van der Waals surface area contributed by atoms with Crippen LogP contribution in [0.25, 0.3) is 0 Å². The molecule has 4 heteroatoms. The topological polar surface area (TPSA) is 73.1 Å². The Morgan fingerprint density at radius 3 is 2.59 bits per heavy atom. The van der Waals surface area contributed by atoms with Crippen LogP contribution in [0.2, 0.25) is 0 Å². The summed E-state index contributed by atoms with van der Waals surface area (Å²) in [6.07, 6.45) is 2.56. The predicted molar refractivity (Wildman–Crippen MR) is 65.0 cm³/mol. The molecule has 17 heavy (non-hydrogen) atoms. The Hall–Kier alpha value is -1.08. The van der Waals surface area contributed by atoms with E-state index in [0.29, 0.717) is 25.2 Å². The van der Waals surface area contributed by atoms with Gasteiger partial charge < -0.3 is 10.4 Å². The molecule has 0 saturated heterocycles. The average Bonchev–Trinajstić information content (AvgIpc) is 2.24. The molecule has 0 aliphatic heterocycles. The highest BCUT2D eigenvalue weighted by Crippen LogP contribution is 2.45. The molecule has 0 heterocycles. The van der Waals surface area contributed by atoms with Crippen LogP contribution >= 0.6 is 0 Å². The molecule has 96 valence electrons. The summed E-state index contributed by atoms with van der Waals surface area (Å²) in [6.45, 7) is 5.98. The Kier molecular flexibility index (Phi) is 4.16. The van der Waals surface area contributed by atoms with Crippen molar-refractivity contribution in [2.24, 2.45) is 11.3 Å². The fourth-order valence-corrected chi connectivity index (χ4v) is 2.43. The van der Waals surface area contributed by atoms with Gasteiger partial charge in [-0.2, -0.15) is 5.26 Å². The first-order valence-electron chi connectivity index (χ1n) is 6.26. The number of carbonyl (C=O) groups is 1. The maximum Gasteiger partial charge on any atom is 0.240 e. The van der Waals surface area contributed by atoms with Crippen LogP contribution in [0.4, 0.5) is 0 Å². The Bertz CT molecular complexity index is 329. The lowest BCUT2D eigenvalue weighted by Crippen LogP contribution is -2.55. The second-order valence-corrected chi connectivity index (χ2v) is 5.55. The van der Waals surface area contributed by atoms with Crippen molar-refractivity contribution >= 4 is 5.91 Å². The molecule has 1 fully saturated rings. The summed E-state index contributed by atoms with van der Waals surface area (Å²) in [5.41, 5.74) is -1.24. The van der Waals surface area contributed by atoms with E-state index in [0.717, 1.165) is 6.42 Å². The minimum absolute atomic E-state index is 0.0422. The van der Waals surface area contributed by atoms with Crippen molar-refractivity contribution < 1.29 is 9.90 Å². The van der Waals surface area contributed by atoms with Crippen molar-refractivity contribution in [3.8, 4) is 6.07 Å². The number of rotatable bonds is 5. The summed E-state index contributed by atoms with van der Waals surface area (Å²) >= 11 is 0. The lowest BCUT2D eigenvalue weighted by molar-refractivity contribution is -0.136. The van der Waals surface area contributed by atoms with Crippen molar-refractivity contribution in [3.63, 3.8) is 0 Å². The quantitative estimate of drug-likeness (QED) is 0.764. The monoisotopic (exact) mass is 238 g/mol. The van der Waals surface area contributed by atoms with Crippen molar-refractivity contribution in [2.45, 2.75) is 52.0 Å². The molecule has 1 rings (SSSR count). The van der Waals surface area contributed by atoms with Crippen LogP contribution < -0.4 is 5.32 Å². The van der Waals surface area contributed by atoms with Crippen LogP contribution in [0.15, 0.2) is 0 Å². The number of hydrogen-bond acceptors (Lipinski definition) is 3. The van der Waals surface area contributed by atoms with Gasteiger partial charge >= 0.3 is 0 Å². The molecule has 1 unspecified atom stereocenters. The molecule has 0 bridgehead atoms. The van der Waals surface area contributed by atoms with Crippen LogP contribution in [-0.4, -0.2) is 23.2 Å². The average molecular weight is 238 g/mol. The third-order valence-corrected chi connectivity index (χ3v) is 3.90. The molecule has 0 radical (unpaired) electrons. The fraction of sp³-hybridized carbons (Fsp3) is 0.846. The predicted octanol–water partition coefficient (Wildman–Crippen LogP) is 1.59. The van der Waals surface area contributed by atoms with Crippen molar-refractivity contribution in [1.82, 2.24) is 5.32 Å². The van der Waals surface area contributed by atoms with Crippen LogP contribution in [0.3, 0.4) is 0 Å². The van der Waals surface area contributed by atoms with Gasteiger partial charge in [0, 0.05) is 12.1 Å². The van der Waals surface area contributed by atoms with Gasteiger partial charge in [0.2, 0.25) is 5.91 Å². The molecule has 2 N–H and O–H groups in total. The number of aliphatic hydroxyl groups excluding tert-OH is 1. The first kappa shape index (κ1) is 14.0. The minimum atomic E-state index is -0.828. The first-order chi connectivity index (χ1) is 7.91. The number of nitriles is 1. The third-order valence-electron chi connectivity index (χ3n) is 3.90. The molecule has 1 aliphatic carbocycles. The molecular formula is C13H22N2O2. The smallest absolute Gasteiger partial charge is 0.240 e. The lowest BCUT2D eigenvalue weighted by atomic mass is 9.62. The van der Waals surface area contributed by atoms with Gasteiger partial charge in [-0.15, -0.1) is 0 Å². The van der Waals surface area contributed by atoms with Gasteiger partial charge in [0.25, 0.3) is 0 Å². The second-order valence-electron chi connectivity index (χ2n) is 5.55. The van der Waals surface area contributed by atoms with Gasteiger partial charge in [0.1, 0.15) is 5.41 Å². The molecule has 1 aliphatic rings. The normalized spacial score (nSPS) is 30.9. The standard InChI is InChI=1S/C13H22N2O2/c1-4-12(3,5-6-16)15-11(17)13(9-14)7-10(2)8-13/h10,16H,4-8H2,1-3H3,(H,15,17). The molecule has 0 aromatic carbocycles. The zero-order chi connectivity index (χ0) is 13.1. The molecule has 1 amide bonds. The zero-order valence-corrected chi connectivity index (χ0v) is 10.9. The van der Waals surface area contributed by atoms with Gasteiger partial charge in [-0.25, -0.2) is 0 Å². The Morgan fingerprint density at radius 1 is 1.65 bits per heavy atom. The van der Waals surface area contributed by atoms with Gasteiger partial charge in [-0.05, 0) is 38.5 Å². The van der Waals surface area contributed by atoms with Crippen LogP contribution in [0.1, 0.15) is 46.5 Å². The summed E-state index contributed by atoms with van der Waals surface area (Å²) in [4.78, 5) is 12.2. The van der Waals surface area contributed by atoms with Gasteiger partial charge in [0.05, 0.1) is 6.07 Å². The summed E-state index contributed by atoms with van der Waals surface area (Å²) in [7, 11) is 0. The van der Waals surface area contributed by atoms with E-state index in [1.54, 1.807) is 0 Å².